The van der Waals surface area contributed by atoms with Crippen LogP contribution in [-0.4, -0.2) is 52.6 Å². The molecule has 0 unspecified atom stereocenters. The normalized spacial score (nSPS) is 12.3. The molecule has 0 fully saturated rings. The number of halogens is 4. The number of benzene rings is 3. The number of hydrogen-bond acceptors (Lipinski definition) is 7. The third kappa shape index (κ3) is 6.70. The van der Waals surface area contributed by atoms with Crippen molar-refractivity contribution in [1.82, 2.24) is 4.31 Å². The lowest BCUT2D eigenvalue weighted by molar-refractivity contribution is -0.384. The summed E-state index contributed by atoms with van der Waals surface area (Å²) in [4.78, 5) is 22.4. The third-order valence-electron chi connectivity index (χ3n) is 5.35. The van der Waals surface area contributed by atoms with Crippen molar-refractivity contribution >= 4 is 54.6 Å². The number of carbonyl (C=O) groups is 1. The first-order chi connectivity index (χ1) is 18.4. The lowest BCUT2D eigenvalue weighted by atomic mass is 10.2. The van der Waals surface area contributed by atoms with Crippen molar-refractivity contribution in [2.45, 2.75) is 16.0 Å². The zero-order valence-electron chi connectivity index (χ0n) is 20.6. The number of amides is 1. The van der Waals surface area contributed by atoms with Gasteiger partial charge in [-0.05, 0) is 48.5 Å². The van der Waals surface area contributed by atoms with Gasteiger partial charge in [-0.2, -0.15) is 13.2 Å². The lowest BCUT2D eigenvalue weighted by Gasteiger charge is -2.25. The summed E-state index contributed by atoms with van der Waals surface area (Å²) < 4.78 is 93.3. The molecule has 0 saturated heterocycles. The van der Waals surface area contributed by atoms with Gasteiger partial charge < -0.3 is 5.32 Å². The number of nitrogens with one attached hydrogen (secondary N) is 1. The summed E-state index contributed by atoms with van der Waals surface area (Å²) in [5.41, 5.74) is -2.60. The molecule has 3 rings (SSSR count). The molecule has 0 radical (unpaired) electrons. The minimum Gasteiger partial charge on any atom is -0.324 e. The number of nitro benzene ring substituents is 1. The van der Waals surface area contributed by atoms with Crippen LogP contribution >= 0.6 is 11.6 Å². The zero-order valence-corrected chi connectivity index (χ0v) is 23.0. The van der Waals surface area contributed by atoms with E-state index in [4.69, 9.17) is 11.6 Å². The topological polar surface area (TPSA) is 147 Å². The van der Waals surface area contributed by atoms with Crippen molar-refractivity contribution in [3.63, 3.8) is 0 Å². The highest BCUT2D eigenvalue weighted by Crippen LogP contribution is 2.34. The molecule has 214 valence electrons. The number of hydrogen-bond donors (Lipinski definition) is 1. The number of sulfonamides is 2. The van der Waals surface area contributed by atoms with Crippen LogP contribution < -0.4 is 9.62 Å². The number of nitro groups is 1. The SMILES string of the molecule is CN(C)S(=O)(=O)c1cccc(NC(=O)CN(c2cccc(C(F)(F)F)c2)S(=O)(=O)c2ccc(Cl)c([N+](=O)[O-])c2)c1. The first-order valence-electron chi connectivity index (χ1n) is 10.9. The highest BCUT2D eigenvalue weighted by Gasteiger charge is 2.34. The summed E-state index contributed by atoms with van der Waals surface area (Å²) in [6, 6.07) is 10.6. The zero-order chi connectivity index (χ0) is 30.0. The molecule has 17 heteroatoms. The standard InChI is InChI=1S/C23H20ClF3N4O7S2/c1-29(2)39(35,36)18-8-4-6-16(12-18)28-22(32)14-30(17-7-3-5-15(11-17)23(25,26)27)40(37,38)19-9-10-20(24)21(13-19)31(33)34/h3-13H,14H2,1-2H3,(H,28,32). The van der Waals surface area contributed by atoms with Crippen molar-refractivity contribution in [1.29, 1.82) is 0 Å². The Morgan fingerprint density at radius 2 is 1.57 bits per heavy atom. The predicted molar refractivity (Wildman–Crippen MR) is 140 cm³/mol. The van der Waals surface area contributed by atoms with Crippen LogP contribution in [0.5, 0.6) is 0 Å². The maximum absolute atomic E-state index is 13.5. The van der Waals surface area contributed by atoms with Crippen molar-refractivity contribution in [3.05, 3.63) is 87.4 Å². The molecule has 3 aromatic carbocycles. The summed E-state index contributed by atoms with van der Waals surface area (Å²) in [5, 5.41) is 13.2. The van der Waals surface area contributed by atoms with Crippen LogP contribution in [0.15, 0.2) is 76.5 Å². The minimum absolute atomic E-state index is 0.0450. The van der Waals surface area contributed by atoms with Crippen LogP contribution in [0.4, 0.5) is 30.2 Å². The van der Waals surface area contributed by atoms with E-state index >= 15 is 0 Å². The second-order valence-electron chi connectivity index (χ2n) is 8.29. The Morgan fingerprint density at radius 3 is 2.17 bits per heavy atom. The maximum atomic E-state index is 13.5. The van der Waals surface area contributed by atoms with Crippen LogP contribution in [-0.2, 0) is 31.0 Å². The van der Waals surface area contributed by atoms with E-state index in [0.29, 0.717) is 22.5 Å². The smallest absolute Gasteiger partial charge is 0.324 e. The molecule has 11 nitrogen and oxygen atoms in total. The fraction of sp³-hybridized carbons (Fsp3) is 0.174. The molecule has 0 aliphatic heterocycles. The van der Waals surface area contributed by atoms with Crippen LogP contribution in [0.3, 0.4) is 0 Å². The highest BCUT2D eigenvalue weighted by atomic mass is 35.5. The summed E-state index contributed by atoms with van der Waals surface area (Å²) >= 11 is 5.76. The van der Waals surface area contributed by atoms with Gasteiger partial charge in [0.05, 0.1) is 26.0 Å². The number of alkyl halides is 3. The van der Waals surface area contributed by atoms with Gasteiger partial charge in [0.25, 0.3) is 15.7 Å². The molecule has 0 aromatic heterocycles. The number of rotatable bonds is 9. The Balaban J connectivity index is 2.06. The molecule has 0 atom stereocenters. The Labute approximate surface area is 232 Å². The summed E-state index contributed by atoms with van der Waals surface area (Å²) in [6.45, 7) is -1.08. The summed E-state index contributed by atoms with van der Waals surface area (Å²) in [7, 11) is -6.19. The first-order valence-corrected chi connectivity index (χ1v) is 14.2. The molecule has 3 aromatic rings. The van der Waals surface area contributed by atoms with E-state index in [9.17, 15) is 44.9 Å². The minimum atomic E-state index is -4.88. The van der Waals surface area contributed by atoms with E-state index in [1.165, 1.54) is 32.3 Å². The Hall–Kier alpha value is -3.73. The van der Waals surface area contributed by atoms with Crippen LogP contribution in [0.1, 0.15) is 5.56 Å². The molecular formula is C23H20ClF3N4O7S2. The highest BCUT2D eigenvalue weighted by molar-refractivity contribution is 7.92. The predicted octanol–water partition coefficient (Wildman–Crippen LogP) is 4.35. The van der Waals surface area contributed by atoms with E-state index in [1.54, 1.807) is 0 Å². The number of anilines is 2. The molecule has 40 heavy (non-hydrogen) atoms. The van der Waals surface area contributed by atoms with Gasteiger partial charge >= 0.3 is 6.18 Å². The molecular weight excluding hydrogens is 601 g/mol. The maximum Gasteiger partial charge on any atom is 0.416 e. The Kier molecular flexibility index (Phi) is 8.78. The van der Waals surface area contributed by atoms with Crippen LogP contribution in [0.25, 0.3) is 0 Å². The average Bonchev–Trinajstić information content (AvgIpc) is 2.86. The Morgan fingerprint density at radius 1 is 0.950 bits per heavy atom. The fourth-order valence-corrected chi connectivity index (χ4v) is 5.92. The lowest BCUT2D eigenvalue weighted by Crippen LogP contribution is -2.38. The molecule has 0 saturated carbocycles. The monoisotopic (exact) mass is 620 g/mol. The first kappa shape index (κ1) is 30.8. The van der Waals surface area contributed by atoms with Crippen LogP contribution in [0.2, 0.25) is 5.02 Å². The summed E-state index contributed by atoms with van der Waals surface area (Å²) in [6.07, 6.45) is -4.86. The molecule has 0 spiro atoms. The quantitative estimate of drug-likeness (QED) is 0.276. The van der Waals surface area contributed by atoms with Gasteiger partial charge in [0.2, 0.25) is 15.9 Å². The van der Waals surface area contributed by atoms with E-state index in [0.717, 1.165) is 34.6 Å². The van der Waals surface area contributed by atoms with Crippen molar-refractivity contribution in [2.24, 2.45) is 0 Å². The second-order valence-corrected chi connectivity index (χ2v) is 12.7. The number of carbonyl (C=O) groups excluding carboxylic acids is 1. The van der Waals surface area contributed by atoms with E-state index in [1.807, 2.05) is 0 Å². The van der Waals surface area contributed by atoms with E-state index in [2.05, 4.69) is 5.32 Å². The fourth-order valence-electron chi connectivity index (χ4n) is 3.35. The average molecular weight is 621 g/mol. The van der Waals surface area contributed by atoms with Crippen LogP contribution in [0, 0.1) is 10.1 Å². The van der Waals surface area contributed by atoms with Gasteiger partial charge in [-0.15, -0.1) is 0 Å². The second kappa shape index (κ2) is 11.4. The van der Waals surface area contributed by atoms with Crippen molar-refractivity contribution in [2.75, 3.05) is 30.3 Å². The van der Waals surface area contributed by atoms with E-state index in [-0.39, 0.29) is 15.6 Å². The largest absolute Gasteiger partial charge is 0.416 e. The van der Waals surface area contributed by atoms with Crippen molar-refractivity contribution < 1.29 is 39.7 Å². The van der Waals surface area contributed by atoms with E-state index < -0.39 is 65.4 Å². The Bertz CT molecular complexity index is 1680. The molecule has 0 bridgehead atoms. The van der Waals surface area contributed by atoms with Gasteiger partial charge in [0.1, 0.15) is 11.6 Å². The molecule has 0 heterocycles. The molecule has 0 aliphatic carbocycles. The number of nitrogens with zero attached hydrogens (tertiary/aromatic N) is 3. The molecule has 0 aliphatic rings. The third-order valence-corrected chi connectivity index (χ3v) is 9.25. The van der Waals surface area contributed by atoms with Gasteiger partial charge in [-0.25, -0.2) is 21.1 Å². The molecule has 1 N–H and O–H groups in total. The summed E-state index contributed by atoms with van der Waals surface area (Å²) in [5.74, 6) is -1.05. The molecule has 1 amide bonds. The van der Waals surface area contributed by atoms with Gasteiger partial charge in [0.15, 0.2) is 0 Å². The van der Waals surface area contributed by atoms with Gasteiger partial charge in [-0.3, -0.25) is 19.2 Å². The van der Waals surface area contributed by atoms with Gasteiger partial charge in [-0.1, -0.05) is 23.7 Å². The van der Waals surface area contributed by atoms with Gasteiger partial charge in [0, 0.05) is 25.8 Å². The van der Waals surface area contributed by atoms with Crippen molar-refractivity contribution in [3.8, 4) is 0 Å².